The van der Waals surface area contributed by atoms with Crippen molar-refractivity contribution in [3.8, 4) is 0 Å². The van der Waals surface area contributed by atoms with Crippen molar-refractivity contribution in [3.05, 3.63) is 0 Å². The summed E-state index contributed by atoms with van der Waals surface area (Å²) in [6, 6.07) is 0. The van der Waals surface area contributed by atoms with Gasteiger partial charge in [0.25, 0.3) is 0 Å². The van der Waals surface area contributed by atoms with Crippen LogP contribution >= 0.6 is 0 Å². The zero-order valence-corrected chi connectivity index (χ0v) is 6.19. The Balaban J connectivity index is 0.000000640. The summed E-state index contributed by atoms with van der Waals surface area (Å²) < 4.78 is 0. The molecule has 0 atom stereocenters. The number of aliphatic hydroxyl groups excluding tert-OH is 1. The van der Waals surface area contributed by atoms with E-state index < -0.39 is 0 Å². The van der Waals surface area contributed by atoms with E-state index in [0.717, 1.165) is 0 Å². The molecule has 1 fully saturated rings. The molecule has 1 rings (SSSR count). The SMILES string of the molecule is CC1(CO)CCCC1.N. The monoisotopic (exact) mass is 131 g/mol. The minimum absolute atomic E-state index is 0. The van der Waals surface area contributed by atoms with E-state index in [1.165, 1.54) is 25.7 Å². The van der Waals surface area contributed by atoms with E-state index in [1.54, 1.807) is 0 Å². The Morgan fingerprint density at radius 3 is 2.00 bits per heavy atom. The minimum atomic E-state index is 0. The Bertz CT molecular complexity index is 77.0. The van der Waals surface area contributed by atoms with Crippen LogP contribution < -0.4 is 6.15 Å². The molecule has 0 aromatic heterocycles. The highest BCUT2D eigenvalue weighted by atomic mass is 16.3. The third-order valence-corrected chi connectivity index (χ3v) is 2.19. The van der Waals surface area contributed by atoms with E-state index in [4.69, 9.17) is 5.11 Å². The number of hydrogen-bond acceptors (Lipinski definition) is 2. The lowest BCUT2D eigenvalue weighted by Gasteiger charge is -2.18. The Hall–Kier alpha value is -0.0800. The summed E-state index contributed by atoms with van der Waals surface area (Å²) in [5, 5.41) is 8.83. The molecule has 0 spiro atoms. The fraction of sp³-hybridized carbons (Fsp3) is 1.00. The molecule has 0 radical (unpaired) electrons. The molecule has 0 saturated heterocycles. The second kappa shape index (κ2) is 3.18. The lowest BCUT2D eigenvalue weighted by molar-refractivity contribution is 0.149. The molecular weight excluding hydrogens is 114 g/mol. The zero-order chi connectivity index (χ0) is 6.04. The third kappa shape index (κ3) is 1.95. The number of hydrogen-bond donors (Lipinski definition) is 2. The van der Waals surface area contributed by atoms with Gasteiger partial charge in [-0.15, -0.1) is 0 Å². The molecular formula is C7H17NO. The fourth-order valence-corrected chi connectivity index (χ4v) is 1.39. The third-order valence-electron chi connectivity index (χ3n) is 2.19. The molecule has 56 valence electrons. The molecule has 2 nitrogen and oxygen atoms in total. The Morgan fingerprint density at radius 2 is 1.78 bits per heavy atom. The van der Waals surface area contributed by atoms with Gasteiger partial charge in [0.1, 0.15) is 0 Å². The summed E-state index contributed by atoms with van der Waals surface area (Å²) in [5.41, 5.74) is 0.292. The summed E-state index contributed by atoms with van der Waals surface area (Å²) in [5.74, 6) is 0. The molecule has 1 aliphatic carbocycles. The second-order valence-corrected chi connectivity index (χ2v) is 3.18. The van der Waals surface area contributed by atoms with Crippen molar-refractivity contribution in [1.82, 2.24) is 6.15 Å². The minimum Gasteiger partial charge on any atom is -0.396 e. The van der Waals surface area contributed by atoms with Gasteiger partial charge in [0.15, 0.2) is 0 Å². The van der Waals surface area contributed by atoms with Crippen LogP contribution in [0.5, 0.6) is 0 Å². The van der Waals surface area contributed by atoms with Gasteiger partial charge in [-0.3, -0.25) is 0 Å². The van der Waals surface area contributed by atoms with Crippen LogP contribution in [0, 0.1) is 5.41 Å². The maximum absolute atomic E-state index is 8.83. The molecule has 0 heterocycles. The van der Waals surface area contributed by atoms with Gasteiger partial charge in [-0.25, -0.2) is 0 Å². The van der Waals surface area contributed by atoms with Crippen molar-refractivity contribution < 1.29 is 5.11 Å². The molecule has 1 aliphatic rings. The maximum atomic E-state index is 8.83. The summed E-state index contributed by atoms with van der Waals surface area (Å²) in [7, 11) is 0. The normalized spacial score (nSPS) is 23.3. The average Bonchev–Trinajstić information content (AvgIpc) is 2.17. The molecule has 0 aromatic rings. The number of aliphatic hydroxyl groups is 1. The zero-order valence-electron chi connectivity index (χ0n) is 6.19. The first kappa shape index (κ1) is 8.92. The summed E-state index contributed by atoms with van der Waals surface area (Å²) in [4.78, 5) is 0. The molecule has 0 aromatic carbocycles. The summed E-state index contributed by atoms with van der Waals surface area (Å²) in [6.45, 7) is 2.55. The van der Waals surface area contributed by atoms with Crippen LogP contribution in [0.3, 0.4) is 0 Å². The van der Waals surface area contributed by atoms with Gasteiger partial charge < -0.3 is 11.3 Å². The lowest BCUT2D eigenvalue weighted by Crippen LogP contribution is -2.15. The second-order valence-electron chi connectivity index (χ2n) is 3.18. The topological polar surface area (TPSA) is 55.2 Å². The van der Waals surface area contributed by atoms with Gasteiger partial charge in [0.2, 0.25) is 0 Å². The van der Waals surface area contributed by atoms with E-state index in [1.807, 2.05) is 0 Å². The smallest absolute Gasteiger partial charge is 0.0484 e. The predicted molar refractivity (Wildman–Crippen MR) is 38.7 cm³/mol. The fourth-order valence-electron chi connectivity index (χ4n) is 1.39. The molecule has 4 N–H and O–H groups in total. The van der Waals surface area contributed by atoms with Crippen molar-refractivity contribution in [2.45, 2.75) is 32.6 Å². The number of rotatable bonds is 1. The molecule has 0 bridgehead atoms. The van der Waals surface area contributed by atoms with Gasteiger partial charge in [0.05, 0.1) is 0 Å². The highest BCUT2D eigenvalue weighted by molar-refractivity contribution is 4.78. The van der Waals surface area contributed by atoms with Gasteiger partial charge in [-0.05, 0) is 18.3 Å². The van der Waals surface area contributed by atoms with Gasteiger partial charge >= 0.3 is 0 Å². The Morgan fingerprint density at radius 1 is 1.33 bits per heavy atom. The summed E-state index contributed by atoms with van der Waals surface area (Å²) in [6.07, 6.45) is 5.08. The molecule has 0 unspecified atom stereocenters. The maximum Gasteiger partial charge on any atom is 0.0484 e. The van der Waals surface area contributed by atoms with Crippen molar-refractivity contribution >= 4 is 0 Å². The van der Waals surface area contributed by atoms with Crippen molar-refractivity contribution in [1.29, 1.82) is 0 Å². The van der Waals surface area contributed by atoms with Crippen LogP contribution in [-0.4, -0.2) is 11.7 Å². The quantitative estimate of drug-likeness (QED) is 0.569. The van der Waals surface area contributed by atoms with E-state index >= 15 is 0 Å². The molecule has 0 amide bonds. The van der Waals surface area contributed by atoms with E-state index in [0.29, 0.717) is 12.0 Å². The molecule has 2 heteroatoms. The first-order valence-electron chi connectivity index (χ1n) is 3.38. The first-order chi connectivity index (χ1) is 3.77. The van der Waals surface area contributed by atoms with Crippen LogP contribution in [-0.2, 0) is 0 Å². The molecule has 0 aliphatic heterocycles. The van der Waals surface area contributed by atoms with Crippen molar-refractivity contribution in [2.24, 2.45) is 5.41 Å². The van der Waals surface area contributed by atoms with E-state index in [9.17, 15) is 0 Å². The van der Waals surface area contributed by atoms with Crippen LogP contribution in [0.4, 0.5) is 0 Å². The Kier molecular flexibility index (Phi) is 3.15. The van der Waals surface area contributed by atoms with Gasteiger partial charge in [0, 0.05) is 6.61 Å². The van der Waals surface area contributed by atoms with E-state index in [-0.39, 0.29) is 6.15 Å². The highest BCUT2D eigenvalue weighted by Crippen LogP contribution is 2.36. The first-order valence-corrected chi connectivity index (χ1v) is 3.38. The lowest BCUT2D eigenvalue weighted by atomic mass is 9.90. The standard InChI is InChI=1S/C7H14O.H3N/c1-7(6-8)4-2-3-5-7;/h8H,2-6H2,1H3;1H3. The largest absolute Gasteiger partial charge is 0.396 e. The van der Waals surface area contributed by atoms with E-state index in [2.05, 4.69) is 6.92 Å². The average molecular weight is 131 g/mol. The van der Waals surface area contributed by atoms with Gasteiger partial charge in [-0.2, -0.15) is 0 Å². The van der Waals surface area contributed by atoms with Crippen molar-refractivity contribution in [2.75, 3.05) is 6.61 Å². The molecule has 9 heavy (non-hydrogen) atoms. The highest BCUT2D eigenvalue weighted by Gasteiger charge is 2.26. The van der Waals surface area contributed by atoms with Crippen molar-refractivity contribution in [3.63, 3.8) is 0 Å². The Labute approximate surface area is 56.9 Å². The predicted octanol–water partition coefficient (Wildman–Crippen LogP) is 1.72. The van der Waals surface area contributed by atoms with Gasteiger partial charge in [-0.1, -0.05) is 19.8 Å². The van der Waals surface area contributed by atoms with Crippen LogP contribution in [0.1, 0.15) is 32.6 Å². The molecule has 1 saturated carbocycles. The van der Waals surface area contributed by atoms with Crippen LogP contribution in [0.15, 0.2) is 0 Å². The summed E-state index contributed by atoms with van der Waals surface area (Å²) >= 11 is 0. The van der Waals surface area contributed by atoms with Crippen LogP contribution in [0.25, 0.3) is 0 Å². The van der Waals surface area contributed by atoms with Crippen LogP contribution in [0.2, 0.25) is 0 Å².